The second kappa shape index (κ2) is 4.73. The van der Waals surface area contributed by atoms with Crippen LogP contribution in [0.15, 0.2) is 33.8 Å². The van der Waals surface area contributed by atoms with Crippen LogP contribution >= 0.6 is 15.9 Å². The molecule has 0 fully saturated rings. The van der Waals surface area contributed by atoms with Crippen molar-refractivity contribution in [3.8, 4) is 0 Å². The highest BCUT2D eigenvalue weighted by molar-refractivity contribution is 9.10. The first-order chi connectivity index (χ1) is 9.14. The number of hydrogen-bond acceptors (Lipinski definition) is 2. The van der Waals surface area contributed by atoms with Crippen LogP contribution in [0.2, 0.25) is 0 Å². The zero-order valence-corrected chi connectivity index (χ0v) is 12.1. The van der Waals surface area contributed by atoms with Gasteiger partial charge in [0.15, 0.2) is 0 Å². The molecule has 0 N–H and O–H groups in total. The van der Waals surface area contributed by atoms with Crippen LogP contribution in [-0.4, -0.2) is 11.8 Å². The van der Waals surface area contributed by atoms with E-state index in [1.54, 1.807) is 0 Å². The van der Waals surface area contributed by atoms with E-state index in [0.29, 0.717) is 11.1 Å². The first-order valence-electron chi connectivity index (χ1n) is 5.57. The summed E-state index contributed by atoms with van der Waals surface area (Å²) in [7, 11) is 0. The van der Waals surface area contributed by atoms with Gasteiger partial charge in [0.05, 0.1) is 11.3 Å². The Balaban J connectivity index is 2.47. The second-order valence-corrected chi connectivity index (χ2v) is 5.21. The number of anilines is 1. The van der Waals surface area contributed by atoms with E-state index in [2.05, 4.69) is 15.9 Å². The Bertz CT molecular complexity index is 626. The van der Waals surface area contributed by atoms with Gasteiger partial charge in [-0.25, -0.2) is 4.90 Å². The van der Waals surface area contributed by atoms with Crippen LogP contribution in [0.1, 0.15) is 19.4 Å². The Hall–Kier alpha value is -1.63. The number of nitrogens with zero attached hydrogens (tertiary/aromatic N) is 1. The molecule has 1 heterocycles. The smallest absolute Gasteiger partial charge is 0.269 e. The van der Waals surface area contributed by atoms with Crippen LogP contribution < -0.4 is 4.90 Å². The van der Waals surface area contributed by atoms with Crippen molar-refractivity contribution >= 4 is 33.4 Å². The van der Waals surface area contributed by atoms with E-state index in [0.717, 1.165) is 23.1 Å². The van der Waals surface area contributed by atoms with Gasteiger partial charge >= 0.3 is 6.18 Å². The maximum Gasteiger partial charge on any atom is 0.416 e. The molecule has 0 atom stereocenters. The Labute approximate surface area is 121 Å². The number of hydrogen-bond donors (Lipinski definition) is 0. The highest BCUT2D eigenvalue weighted by Crippen LogP contribution is 2.37. The van der Waals surface area contributed by atoms with Crippen molar-refractivity contribution in [2.75, 3.05) is 4.90 Å². The summed E-state index contributed by atoms with van der Waals surface area (Å²) in [6.45, 7) is 3.01. The summed E-state index contributed by atoms with van der Waals surface area (Å²) in [5.74, 6) is -1.04. The van der Waals surface area contributed by atoms with Crippen LogP contribution in [0.25, 0.3) is 0 Å². The molecule has 2 amide bonds. The number of imide groups is 1. The number of carbonyl (C=O) groups is 2. The van der Waals surface area contributed by atoms with Crippen LogP contribution in [0, 0.1) is 0 Å². The monoisotopic (exact) mass is 347 g/mol. The van der Waals surface area contributed by atoms with E-state index < -0.39 is 23.6 Å². The quantitative estimate of drug-likeness (QED) is 0.726. The molecule has 0 saturated carbocycles. The Kier molecular flexibility index (Phi) is 3.49. The SMILES string of the molecule is CC1=C(C)C(=O)N(c2ccc(C(F)(F)F)cc2Br)C1=O. The molecule has 1 aliphatic rings. The molecule has 0 radical (unpaired) electrons. The first-order valence-corrected chi connectivity index (χ1v) is 6.37. The highest BCUT2D eigenvalue weighted by Gasteiger charge is 2.37. The zero-order chi connectivity index (χ0) is 15.2. The lowest BCUT2D eigenvalue weighted by molar-refractivity contribution is -0.137. The van der Waals surface area contributed by atoms with Gasteiger partial charge in [0, 0.05) is 15.6 Å². The minimum atomic E-state index is -4.48. The summed E-state index contributed by atoms with van der Waals surface area (Å²) >= 11 is 2.98. The zero-order valence-electron chi connectivity index (χ0n) is 10.5. The number of rotatable bonds is 1. The van der Waals surface area contributed by atoms with Crippen molar-refractivity contribution in [3.63, 3.8) is 0 Å². The van der Waals surface area contributed by atoms with Gasteiger partial charge in [0.25, 0.3) is 11.8 Å². The number of benzene rings is 1. The minimum Gasteiger partial charge on any atom is -0.269 e. The van der Waals surface area contributed by atoms with E-state index in [9.17, 15) is 22.8 Å². The van der Waals surface area contributed by atoms with Crippen LogP contribution in [0.3, 0.4) is 0 Å². The van der Waals surface area contributed by atoms with Crippen molar-refractivity contribution in [2.45, 2.75) is 20.0 Å². The van der Waals surface area contributed by atoms with Gasteiger partial charge < -0.3 is 0 Å². The normalized spacial score (nSPS) is 16.4. The molecule has 0 unspecified atom stereocenters. The van der Waals surface area contributed by atoms with Gasteiger partial charge in [-0.2, -0.15) is 13.2 Å². The van der Waals surface area contributed by atoms with E-state index >= 15 is 0 Å². The summed E-state index contributed by atoms with van der Waals surface area (Å²) in [6, 6.07) is 2.79. The molecule has 1 aliphatic heterocycles. The molecule has 2 rings (SSSR count). The maximum absolute atomic E-state index is 12.6. The van der Waals surface area contributed by atoms with E-state index in [1.165, 1.54) is 13.8 Å². The molecule has 0 aliphatic carbocycles. The van der Waals surface area contributed by atoms with Crippen molar-refractivity contribution in [1.82, 2.24) is 0 Å². The molecule has 7 heteroatoms. The fourth-order valence-corrected chi connectivity index (χ4v) is 2.39. The Morgan fingerprint density at radius 2 is 1.55 bits per heavy atom. The average Bonchev–Trinajstić information content (AvgIpc) is 2.54. The van der Waals surface area contributed by atoms with Gasteiger partial charge in [-0.05, 0) is 48.0 Å². The Morgan fingerprint density at radius 3 is 1.95 bits per heavy atom. The molecule has 0 aromatic heterocycles. The van der Waals surface area contributed by atoms with E-state index in [1.807, 2.05) is 0 Å². The topological polar surface area (TPSA) is 37.4 Å². The van der Waals surface area contributed by atoms with Crippen molar-refractivity contribution in [3.05, 3.63) is 39.4 Å². The maximum atomic E-state index is 12.6. The molecule has 0 bridgehead atoms. The van der Waals surface area contributed by atoms with Crippen molar-refractivity contribution in [2.24, 2.45) is 0 Å². The summed E-state index contributed by atoms with van der Waals surface area (Å²) < 4.78 is 37.8. The van der Waals surface area contributed by atoms with Crippen LogP contribution in [-0.2, 0) is 15.8 Å². The molecule has 0 spiro atoms. The van der Waals surface area contributed by atoms with Gasteiger partial charge in [-0.1, -0.05) is 0 Å². The second-order valence-electron chi connectivity index (χ2n) is 4.36. The van der Waals surface area contributed by atoms with Gasteiger partial charge in [-0.3, -0.25) is 9.59 Å². The summed E-state index contributed by atoms with van der Waals surface area (Å²) in [4.78, 5) is 24.8. The molecular formula is C13H9BrF3NO2. The van der Waals surface area contributed by atoms with Crippen LogP contribution in [0.5, 0.6) is 0 Å². The molecule has 20 heavy (non-hydrogen) atoms. The number of amides is 2. The highest BCUT2D eigenvalue weighted by atomic mass is 79.9. The van der Waals surface area contributed by atoms with E-state index in [-0.39, 0.29) is 10.2 Å². The summed E-state index contributed by atoms with van der Waals surface area (Å²) in [5.41, 5.74) is -0.165. The molecule has 1 aromatic carbocycles. The number of alkyl halides is 3. The fourth-order valence-electron chi connectivity index (χ4n) is 1.83. The molecule has 106 valence electrons. The fraction of sp³-hybridized carbons (Fsp3) is 0.231. The van der Waals surface area contributed by atoms with Gasteiger partial charge in [0.2, 0.25) is 0 Å². The van der Waals surface area contributed by atoms with E-state index in [4.69, 9.17) is 0 Å². The van der Waals surface area contributed by atoms with Crippen LogP contribution in [0.4, 0.5) is 18.9 Å². The third-order valence-electron chi connectivity index (χ3n) is 3.13. The summed E-state index contributed by atoms with van der Waals surface area (Å²) in [6.07, 6.45) is -4.48. The molecule has 3 nitrogen and oxygen atoms in total. The molecular weight excluding hydrogens is 339 g/mol. The minimum absolute atomic E-state index is 0.0384. The van der Waals surface area contributed by atoms with Crippen molar-refractivity contribution < 1.29 is 22.8 Å². The average molecular weight is 348 g/mol. The lowest BCUT2D eigenvalue weighted by Gasteiger charge is -2.18. The molecule has 0 saturated heterocycles. The first kappa shape index (κ1) is 14.8. The number of carbonyl (C=O) groups excluding carboxylic acids is 2. The number of halogens is 4. The van der Waals surface area contributed by atoms with Gasteiger partial charge in [-0.15, -0.1) is 0 Å². The largest absolute Gasteiger partial charge is 0.416 e. The lowest BCUT2D eigenvalue weighted by Crippen LogP contribution is -2.31. The molecule has 1 aromatic rings. The van der Waals surface area contributed by atoms with Gasteiger partial charge in [0.1, 0.15) is 0 Å². The summed E-state index contributed by atoms with van der Waals surface area (Å²) in [5, 5.41) is 0. The van der Waals surface area contributed by atoms with Crippen molar-refractivity contribution in [1.29, 1.82) is 0 Å². The lowest BCUT2D eigenvalue weighted by atomic mass is 10.2. The third kappa shape index (κ3) is 2.26. The standard InChI is InChI=1S/C13H9BrF3NO2/c1-6-7(2)12(20)18(11(6)19)10-4-3-8(5-9(10)14)13(15,16)17/h3-5H,1-2H3. The predicted molar refractivity (Wildman–Crippen MR) is 70.0 cm³/mol. The Morgan fingerprint density at radius 1 is 1.05 bits per heavy atom. The third-order valence-corrected chi connectivity index (χ3v) is 3.76. The predicted octanol–water partition coefficient (Wildman–Crippen LogP) is 3.68.